The number of carbonyl (C=O) groups is 3. The van der Waals surface area contributed by atoms with E-state index in [-0.39, 0.29) is 18.4 Å². The van der Waals surface area contributed by atoms with Gasteiger partial charge >= 0.3 is 0 Å². The minimum Gasteiger partial charge on any atom is -0.383 e. The Hall–Kier alpha value is -1.77. The van der Waals surface area contributed by atoms with Crippen molar-refractivity contribution in [2.45, 2.75) is 51.0 Å². The van der Waals surface area contributed by atoms with Crippen LogP contribution >= 0.6 is 0 Å². The molecule has 28 heavy (non-hydrogen) atoms. The highest BCUT2D eigenvalue weighted by Crippen LogP contribution is 2.45. The lowest BCUT2D eigenvalue weighted by molar-refractivity contribution is -0.177. The summed E-state index contributed by atoms with van der Waals surface area (Å²) in [6, 6.07) is -0.702. The summed E-state index contributed by atoms with van der Waals surface area (Å²) in [7, 11) is 1.53. The molecule has 3 rings (SSSR count). The van der Waals surface area contributed by atoms with Crippen molar-refractivity contribution < 1.29 is 27.9 Å². The molecule has 3 amide bonds. The van der Waals surface area contributed by atoms with Crippen LogP contribution in [-0.2, 0) is 19.1 Å². The van der Waals surface area contributed by atoms with Crippen molar-refractivity contribution in [3.05, 3.63) is 0 Å². The van der Waals surface area contributed by atoms with Crippen molar-refractivity contribution >= 4 is 17.7 Å². The number of nitrogens with zero attached hydrogens (tertiary/aromatic N) is 3. The Kier molecular flexibility index (Phi) is 5.93. The fourth-order valence-corrected chi connectivity index (χ4v) is 4.95. The minimum absolute atomic E-state index is 0.00795. The molecular weight excluding hydrogens is 372 g/mol. The van der Waals surface area contributed by atoms with Crippen LogP contribution in [0.2, 0.25) is 0 Å². The van der Waals surface area contributed by atoms with Crippen LogP contribution in [0.3, 0.4) is 0 Å². The third-order valence-electron chi connectivity index (χ3n) is 6.16. The summed E-state index contributed by atoms with van der Waals surface area (Å²) < 4.78 is 34.4. The third kappa shape index (κ3) is 3.99. The van der Waals surface area contributed by atoms with Gasteiger partial charge in [0.1, 0.15) is 6.04 Å². The molecule has 3 heterocycles. The maximum Gasteiger partial charge on any atom is 0.266 e. The van der Waals surface area contributed by atoms with E-state index in [1.165, 1.54) is 18.9 Å². The van der Waals surface area contributed by atoms with E-state index in [0.29, 0.717) is 51.9 Å². The number of amides is 3. The number of rotatable bonds is 4. The zero-order chi connectivity index (χ0) is 20.5. The van der Waals surface area contributed by atoms with Crippen molar-refractivity contribution in [2.24, 2.45) is 5.41 Å². The van der Waals surface area contributed by atoms with Crippen LogP contribution in [-0.4, -0.2) is 90.8 Å². The highest BCUT2D eigenvalue weighted by atomic mass is 19.3. The van der Waals surface area contributed by atoms with E-state index in [2.05, 4.69) is 0 Å². The number of hydrogen-bond acceptors (Lipinski definition) is 4. The average Bonchev–Trinajstić information content (AvgIpc) is 3.11. The monoisotopic (exact) mass is 401 g/mol. The zero-order valence-electron chi connectivity index (χ0n) is 16.6. The number of carbonyl (C=O) groups excluding carboxylic acids is 3. The predicted octanol–water partition coefficient (Wildman–Crippen LogP) is 1.12. The molecule has 0 aromatic rings. The van der Waals surface area contributed by atoms with Crippen LogP contribution in [0.25, 0.3) is 0 Å². The normalized spacial score (nSPS) is 30.2. The van der Waals surface area contributed by atoms with Crippen molar-refractivity contribution in [3.63, 3.8) is 0 Å². The van der Waals surface area contributed by atoms with E-state index >= 15 is 0 Å². The molecule has 0 N–H and O–H groups in total. The first-order valence-electron chi connectivity index (χ1n) is 9.91. The van der Waals surface area contributed by atoms with Crippen LogP contribution in [0, 0.1) is 5.41 Å². The van der Waals surface area contributed by atoms with E-state index in [0.717, 1.165) is 4.90 Å². The molecule has 0 bridgehead atoms. The number of hydrogen-bond donors (Lipinski definition) is 0. The number of alkyl halides is 2. The first-order chi connectivity index (χ1) is 13.2. The first-order valence-corrected chi connectivity index (χ1v) is 9.91. The molecule has 0 aromatic carbocycles. The van der Waals surface area contributed by atoms with Gasteiger partial charge in [0.15, 0.2) is 0 Å². The Labute approximate surface area is 163 Å². The molecule has 7 nitrogen and oxygen atoms in total. The quantitative estimate of drug-likeness (QED) is 0.708. The number of piperidine rings is 2. The van der Waals surface area contributed by atoms with Gasteiger partial charge in [-0.1, -0.05) is 0 Å². The minimum atomic E-state index is -3.13. The standard InChI is InChI=1S/C19H29F2N3O4/c1-14(25)24-8-3-5-15(24)16(26)23-12-18(11-19(20,21)13-23)6-4-7-22(17(18)27)9-10-28-2/h15H,3-13H2,1-2H3/t15-,18-/m0/s1. The predicted molar refractivity (Wildman–Crippen MR) is 96.7 cm³/mol. The second-order valence-corrected chi connectivity index (χ2v) is 8.27. The summed E-state index contributed by atoms with van der Waals surface area (Å²) in [5.74, 6) is -4.14. The topological polar surface area (TPSA) is 70.2 Å². The van der Waals surface area contributed by atoms with Crippen LogP contribution in [0.4, 0.5) is 8.78 Å². The van der Waals surface area contributed by atoms with Crippen molar-refractivity contribution in [2.75, 3.05) is 46.4 Å². The highest BCUT2D eigenvalue weighted by Gasteiger charge is 2.56. The number of likely N-dealkylation sites (tertiary alicyclic amines) is 3. The van der Waals surface area contributed by atoms with E-state index < -0.39 is 36.3 Å². The van der Waals surface area contributed by atoms with Gasteiger partial charge in [-0.05, 0) is 25.7 Å². The summed E-state index contributed by atoms with van der Waals surface area (Å²) in [4.78, 5) is 42.1. The molecule has 0 unspecified atom stereocenters. The van der Waals surface area contributed by atoms with Crippen LogP contribution in [0.1, 0.15) is 39.0 Å². The fraction of sp³-hybridized carbons (Fsp3) is 0.842. The molecule has 158 valence electrons. The molecular formula is C19H29F2N3O4. The summed E-state index contributed by atoms with van der Waals surface area (Å²) >= 11 is 0. The molecule has 2 atom stereocenters. The first kappa shape index (κ1) is 21.0. The molecule has 0 aliphatic carbocycles. The number of methoxy groups -OCH3 is 1. The van der Waals surface area contributed by atoms with Crippen molar-refractivity contribution in [1.29, 1.82) is 0 Å². The SMILES string of the molecule is COCCN1CCC[C@]2(CN(C(=O)[C@@H]3CCCN3C(C)=O)CC(F)(F)C2)C1=O. The lowest BCUT2D eigenvalue weighted by Gasteiger charge is -2.49. The molecule has 0 radical (unpaired) electrons. The Morgan fingerprint density at radius 3 is 2.64 bits per heavy atom. The van der Waals surface area contributed by atoms with Crippen LogP contribution < -0.4 is 0 Å². The van der Waals surface area contributed by atoms with Gasteiger partial charge in [0.2, 0.25) is 17.7 Å². The van der Waals surface area contributed by atoms with Gasteiger partial charge < -0.3 is 19.4 Å². The molecule has 3 aliphatic heterocycles. The molecule has 0 aromatic heterocycles. The van der Waals surface area contributed by atoms with Crippen molar-refractivity contribution in [1.82, 2.24) is 14.7 Å². The van der Waals surface area contributed by atoms with Crippen LogP contribution in [0.15, 0.2) is 0 Å². The molecule has 3 fully saturated rings. The zero-order valence-corrected chi connectivity index (χ0v) is 16.6. The summed E-state index contributed by atoms with van der Waals surface area (Å²) in [5, 5.41) is 0. The molecule has 0 saturated carbocycles. The second-order valence-electron chi connectivity index (χ2n) is 8.27. The van der Waals surface area contributed by atoms with Gasteiger partial charge in [-0.3, -0.25) is 14.4 Å². The Balaban J connectivity index is 1.82. The largest absolute Gasteiger partial charge is 0.383 e. The van der Waals surface area contributed by atoms with E-state index in [1.54, 1.807) is 4.90 Å². The summed E-state index contributed by atoms with van der Waals surface area (Å²) in [5.41, 5.74) is -1.26. The second kappa shape index (κ2) is 7.93. The lowest BCUT2D eigenvalue weighted by Crippen LogP contribution is -2.63. The van der Waals surface area contributed by atoms with E-state index in [1.807, 2.05) is 0 Å². The van der Waals surface area contributed by atoms with E-state index in [4.69, 9.17) is 4.74 Å². The molecule has 9 heteroatoms. The van der Waals surface area contributed by atoms with E-state index in [9.17, 15) is 23.2 Å². The number of halogens is 2. The average molecular weight is 401 g/mol. The molecule has 1 spiro atoms. The molecule has 3 saturated heterocycles. The van der Waals surface area contributed by atoms with Gasteiger partial charge in [0.25, 0.3) is 5.92 Å². The molecule has 3 aliphatic rings. The van der Waals surface area contributed by atoms with Crippen molar-refractivity contribution in [3.8, 4) is 0 Å². The third-order valence-corrected chi connectivity index (χ3v) is 6.16. The Bertz CT molecular complexity index is 645. The maximum absolute atomic E-state index is 14.7. The highest BCUT2D eigenvalue weighted by molar-refractivity contribution is 5.89. The fourth-order valence-electron chi connectivity index (χ4n) is 4.95. The summed E-state index contributed by atoms with van der Waals surface area (Å²) in [6.07, 6.45) is 1.58. The van der Waals surface area contributed by atoms with Crippen LogP contribution in [0.5, 0.6) is 0 Å². The number of ether oxygens (including phenoxy) is 1. The van der Waals surface area contributed by atoms with Gasteiger partial charge in [-0.15, -0.1) is 0 Å². The lowest BCUT2D eigenvalue weighted by atomic mass is 9.71. The Morgan fingerprint density at radius 2 is 1.96 bits per heavy atom. The smallest absolute Gasteiger partial charge is 0.266 e. The maximum atomic E-state index is 14.7. The van der Waals surface area contributed by atoms with Gasteiger partial charge in [0, 0.05) is 46.6 Å². The summed E-state index contributed by atoms with van der Waals surface area (Å²) in [6.45, 7) is 2.37. The van der Waals surface area contributed by atoms with Gasteiger partial charge in [0.05, 0.1) is 18.6 Å². The Morgan fingerprint density at radius 1 is 1.21 bits per heavy atom. The van der Waals surface area contributed by atoms with Gasteiger partial charge in [-0.25, -0.2) is 8.78 Å². The van der Waals surface area contributed by atoms with Gasteiger partial charge in [-0.2, -0.15) is 0 Å².